The Kier molecular flexibility index (Phi) is 3.54. The molecule has 0 N–H and O–H groups in total. The van der Waals surface area contributed by atoms with Crippen LogP contribution in [0.25, 0.3) is 10.1 Å². The van der Waals surface area contributed by atoms with Gasteiger partial charge in [0.25, 0.3) is 0 Å². The monoisotopic (exact) mass is 284 g/mol. The summed E-state index contributed by atoms with van der Waals surface area (Å²) >= 11 is 7.22. The zero-order valence-electron chi connectivity index (χ0n) is 9.65. The minimum atomic E-state index is -0.491. The Hall–Kier alpha value is -1.59. The van der Waals surface area contributed by atoms with Gasteiger partial charge in [0.05, 0.1) is 17.0 Å². The van der Waals surface area contributed by atoms with E-state index in [0.29, 0.717) is 21.0 Å². The lowest BCUT2D eigenvalue weighted by Gasteiger charge is -2.05. The summed E-state index contributed by atoms with van der Waals surface area (Å²) in [6.07, 6.45) is 0. The van der Waals surface area contributed by atoms with Crippen molar-refractivity contribution in [2.75, 3.05) is 7.11 Å². The van der Waals surface area contributed by atoms with E-state index in [1.807, 2.05) is 0 Å². The van der Waals surface area contributed by atoms with Crippen LogP contribution in [0.3, 0.4) is 0 Å². The Bertz CT molecular complexity index is 632. The molecule has 0 radical (unpaired) electrons. The fraction of sp³-hybridized carbons (Fsp3) is 0.167. The van der Waals surface area contributed by atoms with E-state index in [2.05, 4.69) is 4.74 Å². The normalized spacial score (nSPS) is 10.4. The van der Waals surface area contributed by atoms with Crippen LogP contribution >= 0.6 is 22.9 Å². The van der Waals surface area contributed by atoms with Crippen molar-refractivity contribution < 1.29 is 19.1 Å². The highest BCUT2D eigenvalue weighted by molar-refractivity contribution is 7.22. The summed E-state index contributed by atoms with van der Waals surface area (Å²) < 4.78 is 11.0. The highest BCUT2D eigenvalue weighted by Gasteiger charge is 2.14. The number of hydrogen-bond acceptors (Lipinski definition) is 5. The van der Waals surface area contributed by atoms with Crippen LogP contribution in [0.15, 0.2) is 18.2 Å². The number of carbonyl (C=O) groups is 2. The molecule has 0 amide bonds. The third kappa shape index (κ3) is 2.47. The van der Waals surface area contributed by atoms with Gasteiger partial charge in [-0.3, -0.25) is 4.79 Å². The molecule has 4 nitrogen and oxygen atoms in total. The Morgan fingerprint density at radius 3 is 2.61 bits per heavy atom. The van der Waals surface area contributed by atoms with Gasteiger partial charge in [-0.1, -0.05) is 11.6 Å². The highest BCUT2D eigenvalue weighted by atomic mass is 35.5. The van der Waals surface area contributed by atoms with E-state index >= 15 is 0 Å². The lowest BCUT2D eigenvalue weighted by atomic mass is 10.1. The van der Waals surface area contributed by atoms with Crippen molar-refractivity contribution in [2.24, 2.45) is 0 Å². The van der Waals surface area contributed by atoms with Crippen LogP contribution < -0.4 is 4.74 Å². The molecule has 0 saturated carbocycles. The second-order valence-corrected chi connectivity index (χ2v) is 5.24. The van der Waals surface area contributed by atoms with Crippen LogP contribution in [0.1, 0.15) is 17.3 Å². The Morgan fingerprint density at radius 1 is 1.28 bits per heavy atom. The molecule has 0 aliphatic carbocycles. The maximum atomic E-state index is 11.5. The average molecular weight is 285 g/mol. The summed E-state index contributed by atoms with van der Waals surface area (Å²) in [7, 11) is 1.29. The summed E-state index contributed by atoms with van der Waals surface area (Å²) in [5.74, 6) is -0.640. The fourth-order valence-electron chi connectivity index (χ4n) is 1.55. The summed E-state index contributed by atoms with van der Waals surface area (Å²) in [6, 6.07) is 4.82. The quantitative estimate of drug-likeness (QED) is 0.627. The van der Waals surface area contributed by atoms with Crippen LogP contribution in [0.4, 0.5) is 0 Å². The first kappa shape index (κ1) is 12.9. The number of hydrogen-bond donors (Lipinski definition) is 0. The molecular weight excluding hydrogens is 276 g/mol. The Balaban J connectivity index is 2.63. The number of fused-ring (bicyclic) bond motifs is 1. The van der Waals surface area contributed by atoms with Gasteiger partial charge in [-0.2, -0.15) is 0 Å². The molecule has 2 aromatic rings. The Labute approximate surface area is 112 Å². The number of carbonyl (C=O) groups excluding carboxylic acids is 2. The van der Waals surface area contributed by atoms with E-state index in [0.717, 1.165) is 4.70 Å². The van der Waals surface area contributed by atoms with E-state index in [-0.39, 0.29) is 0 Å². The van der Waals surface area contributed by atoms with Crippen LogP contribution in [0.5, 0.6) is 5.75 Å². The highest BCUT2D eigenvalue weighted by Crippen LogP contribution is 2.36. The van der Waals surface area contributed by atoms with Gasteiger partial charge in [0.2, 0.25) is 0 Å². The number of esters is 2. The first-order valence-electron chi connectivity index (χ1n) is 5.01. The van der Waals surface area contributed by atoms with Crippen LogP contribution in [-0.4, -0.2) is 19.0 Å². The summed E-state index contributed by atoms with van der Waals surface area (Å²) in [6.45, 7) is 1.30. The fourth-order valence-corrected chi connectivity index (χ4v) is 2.75. The molecule has 0 bridgehead atoms. The molecule has 0 spiro atoms. The summed E-state index contributed by atoms with van der Waals surface area (Å²) in [4.78, 5) is 22.6. The van der Waals surface area contributed by atoms with Crippen LogP contribution in [0.2, 0.25) is 4.34 Å². The van der Waals surface area contributed by atoms with Gasteiger partial charge in [0, 0.05) is 17.0 Å². The number of rotatable bonds is 2. The lowest BCUT2D eigenvalue weighted by Crippen LogP contribution is -2.05. The second kappa shape index (κ2) is 4.96. The number of ether oxygens (including phenoxy) is 2. The zero-order chi connectivity index (χ0) is 13.3. The van der Waals surface area contributed by atoms with Crippen molar-refractivity contribution in [3.05, 3.63) is 28.1 Å². The van der Waals surface area contributed by atoms with Gasteiger partial charge in [-0.15, -0.1) is 11.3 Å². The molecule has 1 aromatic carbocycles. The molecule has 0 unspecified atom stereocenters. The van der Waals surface area contributed by atoms with Crippen molar-refractivity contribution in [3.8, 4) is 5.75 Å². The predicted octanol–water partition coefficient (Wildman–Crippen LogP) is 3.27. The van der Waals surface area contributed by atoms with Crippen molar-refractivity contribution >= 4 is 45.0 Å². The first-order valence-corrected chi connectivity index (χ1v) is 6.20. The summed E-state index contributed by atoms with van der Waals surface area (Å²) in [5, 5.41) is 0.702. The number of benzene rings is 1. The maximum absolute atomic E-state index is 11.5. The zero-order valence-corrected chi connectivity index (χ0v) is 11.2. The third-order valence-corrected chi connectivity index (χ3v) is 3.46. The molecule has 18 heavy (non-hydrogen) atoms. The third-order valence-electron chi connectivity index (χ3n) is 2.24. The Morgan fingerprint density at radius 2 is 2.00 bits per heavy atom. The molecule has 0 aliphatic heterocycles. The van der Waals surface area contributed by atoms with Crippen molar-refractivity contribution in [3.63, 3.8) is 0 Å². The van der Waals surface area contributed by atoms with Crippen molar-refractivity contribution in [1.82, 2.24) is 0 Å². The number of methoxy groups -OCH3 is 1. The van der Waals surface area contributed by atoms with E-state index in [4.69, 9.17) is 16.3 Å². The molecule has 6 heteroatoms. The number of thiophene rings is 1. The van der Waals surface area contributed by atoms with Gasteiger partial charge in [-0.25, -0.2) is 4.79 Å². The SMILES string of the molecule is COC(=O)c1cc(OC(C)=O)c2cc(Cl)sc2c1. The predicted molar refractivity (Wildman–Crippen MR) is 69.5 cm³/mol. The average Bonchev–Trinajstić information content (AvgIpc) is 2.68. The molecule has 0 aliphatic rings. The largest absolute Gasteiger partial charge is 0.465 e. The van der Waals surface area contributed by atoms with Gasteiger partial charge < -0.3 is 9.47 Å². The smallest absolute Gasteiger partial charge is 0.338 e. The first-order chi connectivity index (χ1) is 8.51. The standard InChI is InChI=1S/C12H9ClO4S/c1-6(14)17-9-3-7(12(15)16-2)4-10-8(9)5-11(13)18-10/h3-5H,1-2H3. The molecule has 0 saturated heterocycles. The molecule has 94 valence electrons. The van der Waals surface area contributed by atoms with E-state index in [1.165, 1.54) is 31.4 Å². The van der Waals surface area contributed by atoms with Gasteiger partial charge >= 0.3 is 11.9 Å². The van der Waals surface area contributed by atoms with Gasteiger partial charge in [0.1, 0.15) is 5.75 Å². The van der Waals surface area contributed by atoms with Gasteiger partial charge in [-0.05, 0) is 18.2 Å². The molecular formula is C12H9ClO4S. The lowest BCUT2D eigenvalue weighted by molar-refractivity contribution is -0.131. The topological polar surface area (TPSA) is 52.6 Å². The van der Waals surface area contributed by atoms with Crippen molar-refractivity contribution in [2.45, 2.75) is 6.92 Å². The molecule has 0 fully saturated rings. The minimum absolute atomic E-state index is 0.309. The molecule has 1 heterocycles. The molecule has 0 atom stereocenters. The maximum Gasteiger partial charge on any atom is 0.338 e. The van der Waals surface area contributed by atoms with Crippen LogP contribution in [0, 0.1) is 0 Å². The van der Waals surface area contributed by atoms with E-state index in [1.54, 1.807) is 12.1 Å². The second-order valence-electron chi connectivity index (χ2n) is 3.52. The van der Waals surface area contributed by atoms with E-state index in [9.17, 15) is 9.59 Å². The minimum Gasteiger partial charge on any atom is -0.465 e. The van der Waals surface area contributed by atoms with E-state index < -0.39 is 11.9 Å². The molecule has 2 rings (SSSR count). The van der Waals surface area contributed by atoms with Crippen molar-refractivity contribution in [1.29, 1.82) is 0 Å². The summed E-state index contributed by atoms with van der Waals surface area (Å²) in [5.41, 5.74) is 0.319. The van der Waals surface area contributed by atoms with Gasteiger partial charge in [0.15, 0.2) is 0 Å². The number of halogens is 1. The molecule has 1 aromatic heterocycles. The van der Waals surface area contributed by atoms with Crippen LogP contribution in [-0.2, 0) is 9.53 Å².